The van der Waals surface area contributed by atoms with Crippen molar-refractivity contribution in [3.8, 4) is 0 Å². The maximum absolute atomic E-state index is 6.07. The van der Waals surface area contributed by atoms with Gasteiger partial charge in [0.05, 0.1) is 10.7 Å². The average molecular weight is 353 g/mol. The molecule has 1 aromatic rings. The van der Waals surface area contributed by atoms with Crippen molar-refractivity contribution in [1.82, 2.24) is 16.2 Å². The molecule has 1 fully saturated rings. The van der Waals surface area contributed by atoms with E-state index in [1.165, 1.54) is 6.42 Å². The van der Waals surface area contributed by atoms with Crippen molar-refractivity contribution in [3.63, 3.8) is 0 Å². The van der Waals surface area contributed by atoms with E-state index in [-0.39, 0.29) is 0 Å². The summed E-state index contributed by atoms with van der Waals surface area (Å²) in [6, 6.07) is 7.83. The first kappa shape index (κ1) is 15.5. The van der Waals surface area contributed by atoms with Crippen LogP contribution in [-0.4, -0.2) is 16.3 Å². The topological polar surface area (TPSA) is 48.1 Å². The van der Waals surface area contributed by atoms with Crippen LogP contribution in [0.5, 0.6) is 0 Å². The van der Waals surface area contributed by atoms with E-state index in [2.05, 4.69) is 33.6 Å². The molecule has 2 aliphatic carbocycles. The SMILES string of the molecule is S=C(NNC(=S)N[C@@H]1C[C@H]2C=C[C@@H]1C2)Nc1ccccc1Cl. The number of rotatable bonds is 2. The fraction of sp³-hybridized carbons (Fsp3) is 0.333. The number of para-hydroxylation sites is 1. The van der Waals surface area contributed by atoms with Crippen molar-refractivity contribution in [1.29, 1.82) is 0 Å². The maximum Gasteiger partial charge on any atom is 0.189 e. The van der Waals surface area contributed by atoms with Crippen molar-refractivity contribution in [3.05, 3.63) is 41.4 Å². The molecule has 0 spiro atoms. The second kappa shape index (κ2) is 6.81. The van der Waals surface area contributed by atoms with Crippen molar-refractivity contribution < 1.29 is 0 Å². The van der Waals surface area contributed by atoms with Crippen molar-refractivity contribution >= 4 is 51.9 Å². The van der Waals surface area contributed by atoms with E-state index < -0.39 is 0 Å². The van der Waals surface area contributed by atoms with Gasteiger partial charge < -0.3 is 10.6 Å². The summed E-state index contributed by atoms with van der Waals surface area (Å²) in [7, 11) is 0. The van der Waals surface area contributed by atoms with E-state index >= 15 is 0 Å². The van der Waals surface area contributed by atoms with Crippen LogP contribution in [0, 0.1) is 11.8 Å². The van der Waals surface area contributed by atoms with E-state index in [4.69, 9.17) is 36.0 Å². The summed E-state index contributed by atoms with van der Waals surface area (Å²) in [6.07, 6.45) is 6.97. The quantitative estimate of drug-likeness (QED) is 0.373. The number of nitrogens with one attached hydrogen (secondary N) is 4. The van der Waals surface area contributed by atoms with Crippen LogP contribution in [0.3, 0.4) is 0 Å². The smallest absolute Gasteiger partial charge is 0.189 e. The summed E-state index contributed by atoms with van der Waals surface area (Å²) in [4.78, 5) is 0. The molecule has 2 aliphatic rings. The third-order valence-corrected chi connectivity index (χ3v) is 4.76. The van der Waals surface area contributed by atoms with Gasteiger partial charge in [0, 0.05) is 6.04 Å². The van der Waals surface area contributed by atoms with E-state index in [1.807, 2.05) is 18.2 Å². The van der Waals surface area contributed by atoms with Crippen LogP contribution >= 0.6 is 36.0 Å². The largest absolute Gasteiger partial charge is 0.358 e. The van der Waals surface area contributed by atoms with E-state index in [1.54, 1.807) is 6.07 Å². The van der Waals surface area contributed by atoms with Crippen LogP contribution in [0.4, 0.5) is 5.69 Å². The van der Waals surface area contributed by atoms with Crippen LogP contribution in [0.2, 0.25) is 5.02 Å². The number of hydrogen-bond donors (Lipinski definition) is 4. The summed E-state index contributed by atoms with van der Waals surface area (Å²) < 4.78 is 0. The van der Waals surface area contributed by atoms with Gasteiger partial charge in [-0.25, -0.2) is 0 Å². The molecule has 22 heavy (non-hydrogen) atoms. The van der Waals surface area contributed by atoms with Gasteiger partial charge in [-0.3, -0.25) is 10.9 Å². The Labute approximate surface area is 145 Å². The van der Waals surface area contributed by atoms with Gasteiger partial charge in [-0.05, 0) is 61.2 Å². The molecule has 7 heteroatoms. The van der Waals surface area contributed by atoms with E-state index in [0.717, 1.165) is 12.1 Å². The molecule has 2 bridgehead atoms. The van der Waals surface area contributed by atoms with Gasteiger partial charge in [-0.2, -0.15) is 0 Å². The summed E-state index contributed by atoms with van der Waals surface area (Å²) in [6.45, 7) is 0. The minimum Gasteiger partial charge on any atom is -0.358 e. The monoisotopic (exact) mass is 352 g/mol. The van der Waals surface area contributed by atoms with Crippen LogP contribution in [0.25, 0.3) is 0 Å². The number of hydrogen-bond acceptors (Lipinski definition) is 2. The molecule has 0 saturated heterocycles. The molecule has 0 radical (unpaired) electrons. The third-order valence-electron chi connectivity index (χ3n) is 4.01. The Hall–Kier alpha value is -1.37. The lowest BCUT2D eigenvalue weighted by atomic mass is 10.0. The first-order chi connectivity index (χ1) is 10.6. The van der Waals surface area contributed by atoms with E-state index in [9.17, 15) is 0 Å². The van der Waals surface area contributed by atoms with Gasteiger partial charge >= 0.3 is 0 Å². The third kappa shape index (κ3) is 3.69. The van der Waals surface area contributed by atoms with Gasteiger partial charge in [0.1, 0.15) is 0 Å². The van der Waals surface area contributed by atoms with Gasteiger partial charge in [-0.1, -0.05) is 35.9 Å². The Bertz CT molecular complexity index is 619. The average Bonchev–Trinajstić information content (AvgIpc) is 3.10. The van der Waals surface area contributed by atoms with Crippen LogP contribution in [0.1, 0.15) is 12.8 Å². The zero-order valence-corrected chi connectivity index (χ0v) is 14.2. The molecular weight excluding hydrogens is 336 g/mol. The van der Waals surface area contributed by atoms with Crippen molar-refractivity contribution in [2.45, 2.75) is 18.9 Å². The minimum absolute atomic E-state index is 0.407. The van der Waals surface area contributed by atoms with Crippen LogP contribution in [-0.2, 0) is 0 Å². The molecular formula is C15H17ClN4S2. The Balaban J connectivity index is 1.42. The number of allylic oxidation sites excluding steroid dienone is 1. The Kier molecular flexibility index (Phi) is 4.81. The molecule has 4 nitrogen and oxygen atoms in total. The highest BCUT2D eigenvalue weighted by atomic mass is 35.5. The fourth-order valence-corrected chi connectivity index (χ4v) is 3.53. The number of hydrazine groups is 1. The molecule has 3 rings (SSSR count). The van der Waals surface area contributed by atoms with Gasteiger partial charge in [0.25, 0.3) is 0 Å². The molecule has 1 aromatic carbocycles. The molecule has 0 amide bonds. The number of fused-ring (bicyclic) bond motifs is 2. The molecule has 0 unspecified atom stereocenters. The lowest BCUT2D eigenvalue weighted by Crippen LogP contribution is -2.51. The van der Waals surface area contributed by atoms with Gasteiger partial charge in [0.2, 0.25) is 0 Å². The molecule has 3 atom stereocenters. The number of benzene rings is 1. The summed E-state index contributed by atoms with van der Waals surface area (Å²) in [5.74, 6) is 1.30. The number of halogens is 1. The first-order valence-electron chi connectivity index (χ1n) is 7.18. The van der Waals surface area contributed by atoms with Crippen molar-refractivity contribution in [2.75, 3.05) is 5.32 Å². The Morgan fingerprint density at radius 2 is 1.82 bits per heavy atom. The highest BCUT2D eigenvalue weighted by molar-refractivity contribution is 7.80. The Morgan fingerprint density at radius 3 is 2.50 bits per heavy atom. The number of thiocarbonyl (C=S) groups is 2. The van der Waals surface area contributed by atoms with Crippen LogP contribution in [0.15, 0.2) is 36.4 Å². The summed E-state index contributed by atoms with van der Waals surface area (Å²) in [5.41, 5.74) is 6.52. The fourth-order valence-electron chi connectivity index (χ4n) is 2.98. The lowest BCUT2D eigenvalue weighted by Gasteiger charge is -2.22. The summed E-state index contributed by atoms with van der Waals surface area (Å²) >= 11 is 16.6. The Morgan fingerprint density at radius 1 is 1.05 bits per heavy atom. The highest BCUT2D eigenvalue weighted by Crippen LogP contribution is 2.38. The molecule has 116 valence electrons. The molecule has 1 saturated carbocycles. The lowest BCUT2D eigenvalue weighted by molar-refractivity contribution is 0.518. The number of anilines is 1. The molecule has 4 N–H and O–H groups in total. The van der Waals surface area contributed by atoms with Gasteiger partial charge in [-0.15, -0.1) is 0 Å². The predicted molar refractivity (Wildman–Crippen MR) is 98.8 cm³/mol. The first-order valence-corrected chi connectivity index (χ1v) is 8.37. The highest BCUT2D eigenvalue weighted by Gasteiger charge is 2.35. The molecule has 0 heterocycles. The zero-order valence-electron chi connectivity index (χ0n) is 11.8. The normalized spacial score (nSPS) is 24.9. The van der Waals surface area contributed by atoms with Crippen LogP contribution < -0.4 is 21.5 Å². The zero-order chi connectivity index (χ0) is 15.5. The predicted octanol–water partition coefficient (Wildman–Crippen LogP) is 2.97. The molecule has 0 aliphatic heterocycles. The van der Waals surface area contributed by atoms with Crippen molar-refractivity contribution in [2.24, 2.45) is 11.8 Å². The standard InChI is InChI=1S/C15H17ClN4S2/c16-11-3-1-2-4-12(11)17-14(21)19-20-15(22)18-13-8-9-5-6-10(13)7-9/h1-6,9-10,13H,7-8H2,(H2,17,19,21)(H2,18,20,22)/t9-,10+,13+/m0/s1. The second-order valence-corrected chi connectivity index (χ2v) is 6.77. The second-order valence-electron chi connectivity index (χ2n) is 5.54. The van der Waals surface area contributed by atoms with E-state index in [0.29, 0.717) is 33.1 Å². The summed E-state index contributed by atoms with van der Waals surface area (Å²) in [5, 5.41) is 7.92. The maximum atomic E-state index is 6.07. The minimum atomic E-state index is 0.407. The van der Waals surface area contributed by atoms with Gasteiger partial charge in [0.15, 0.2) is 10.2 Å². The molecule has 0 aromatic heterocycles.